The highest BCUT2D eigenvalue weighted by molar-refractivity contribution is 5.89. The van der Waals surface area contributed by atoms with Crippen molar-refractivity contribution in [2.45, 2.75) is 25.9 Å². The molecule has 17 heavy (non-hydrogen) atoms. The van der Waals surface area contributed by atoms with E-state index in [1.807, 2.05) is 0 Å². The summed E-state index contributed by atoms with van der Waals surface area (Å²) in [5, 5.41) is 17.8. The van der Waals surface area contributed by atoms with Crippen LogP contribution in [0, 0.1) is 5.92 Å². The Hall–Kier alpha value is -2.05. The first-order chi connectivity index (χ1) is 8.04. The van der Waals surface area contributed by atoms with Gasteiger partial charge >= 0.3 is 12.0 Å². The van der Waals surface area contributed by atoms with E-state index in [9.17, 15) is 9.59 Å². The number of carbonyl (C=O) groups excluding carboxylic acids is 1. The number of carboxylic acid groups (broad SMARTS) is 1. The molecule has 1 aliphatic carbocycles. The molecular weight excluding hydrogens is 224 g/mol. The molecule has 1 fully saturated rings. The number of hydrogen-bond donors (Lipinski definition) is 3. The maximum absolute atomic E-state index is 11.5. The zero-order valence-electron chi connectivity index (χ0n) is 9.38. The third kappa shape index (κ3) is 3.20. The number of nitrogens with one attached hydrogen (secondary N) is 2. The molecular formula is C10H14N4O3. The molecule has 0 spiro atoms. The molecule has 1 aliphatic rings. The Bertz CT molecular complexity index is 443. The van der Waals surface area contributed by atoms with Crippen LogP contribution in [0.15, 0.2) is 12.4 Å². The van der Waals surface area contributed by atoms with E-state index in [0.717, 1.165) is 6.42 Å². The first-order valence-electron chi connectivity index (χ1n) is 5.36. The molecule has 0 bridgehead atoms. The minimum atomic E-state index is -0.976. The smallest absolute Gasteiger partial charge is 0.325 e. The summed E-state index contributed by atoms with van der Waals surface area (Å²) in [6.45, 7) is 1.85. The normalized spacial score (nSPS) is 21.9. The summed E-state index contributed by atoms with van der Waals surface area (Å²) in [6, 6.07) is -0.0294. The molecule has 7 nitrogen and oxygen atoms in total. The van der Waals surface area contributed by atoms with Gasteiger partial charge in [0.15, 0.2) is 0 Å². The Balaban J connectivity index is 1.83. The molecule has 1 heterocycles. The predicted octanol–water partition coefficient (Wildman–Crippen LogP) is 0.498. The SMILES string of the molecule is CC1CC1NC(=O)Nc1cnn(CC(=O)O)c1. The number of aromatic nitrogens is 2. The molecule has 0 aromatic carbocycles. The highest BCUT2D eigenvalue weighted by atomic mass is 16.4. The van der Waals surface area contributed by atoms with Crippen molar-refractivity contribution < 1.29 is 14.7 Å². The van der Waals surface area contributed by atoms with Crippen LogP contribution in [0.5, 0.6) is 0 Å². The van der Waals surface area contributed by atoms with Gasteiger partial charge in [-0.1, -0.05) is 6.92 Å². The Labute approximate surface area is 97.8 Å². The standard InChI is InChI=1S/C10H14N4O3/c1-6-2-8(6)13-10(17)12-7-3-11-14(4-7)5-9(15)16/h3-4,6,8H,2,5H2,1H3,(H,15,16)(H2,12,13,17). The van der Waals surface area contributed by atoms with Crippen LogP contribution < -0.4 is 10.6 Å². The summed E-state index contributed by atoms with van der Waals surface area (Å²) >= 11 is 0. The van der Waals surface area contributed by atoms with Gasteiger partial charge in [0, 0.05) is 12.2 Å². The van der Waals surface area contributed by atoms with Crippen LogP contribution in [0.4, 0.5) is 10.5 Å². The van der Waals surface area contributed by atoms with Crippen molar-refractivity contribution in [2.24, 2.45) is 5.92 Å². The van der Waals surface area contributed by atoms with Crippen molar-refractivity contribution in [3.05, 3.63) is 12.4 Å². The third-order valence-electron chi connectivity index (χ3n) is 2.61. The predicted molar refractivity (Wildman–Crippen MR) is 59.6 cm³/mol. The van der Waals surface area contributed by atoms with Crippen molar-refractivity contribution in [1.29, 1.82) is 0 Å². The van der Waals surface area contributed by atoms with Crippen LogP contribution >= 0.6 is 0 Å². The van der Waals surface area contributed by atoms with Crippen LogP contribution in [0.25, 0.3) is 0 Å². The van der Waals surface area contributed by atoms with E-state index < -0.39 is 5.97 Å². The van der Waals surface area contributed by atoms with Crippen molar-refractivity contribution in [3.8, 4) is 0 Å². The Kier molecular flexibility index (Phi) is 2.99. The molecule has 2 atom stereocenters. The number of nitrogens with zero attached hydrogens (tertiary/aromatic N) is 2. The highest BCUT2D eigenvalue weighted by Gasteiger charge is 2.33. The van der Waals surface area contributed by atoms with Gasteiger partial charge in [-0.25, -0.2) is 4.79 Å². The van der Waals surface area contributed by atoms with E-state index in [2.05, 4.69) is 22.7 Å². The van der Waals surface area contributed by atoms with Crippen LogP contribution in [0.3, 0.4) is 0 Å². The van der Waals surface area contributed by atoms with Gasteiger partial charge in [0.1, 0.15) is 6.54 Å². The van der Waals surface area contributed by atoms with Crippen molar-refractivity contribution >= 4 is 17.7 Å². The van der Waals surface area contributed by atoms with Gasteiger partial charge in [-0.2, -0.15) is 5.10 Å². The van der Waals surface area contributed by atoms with Crippen molar-refractivity contribution in [3.63, 3.8) is 0 Å². The van der Waals surface area contributed by atoms with Crippen molar-refractivity contribution in [1.82, 2.24) is 15.1 Å². The molecule has 2 amide bonds. The van der Waals surface area contributed by atoms with Crippen LogP contribution in [-0.2, 0) is 11.3 Å². The van der Waals surface area contributed by atoms with Gasteiger partial charge in [-0.05, 0) is 12.3 Å². The topological polar surface area (TPSA) is 96.3 Å². The minimum Gasteiger partial charge on any atom is -0.480 e. The lowest BCUT2D eigenvalue weighted by molar-refractivity contribution is -0.137. The Morgan fingerprint density at radius 1 is 1.65 bits per heavy atom. The number of amides is 2. The summed E-state index contributed by atoms with van der Waals surface area (Å²) in [5.74, 6) is -0.439. The highest BCUT2D eigenvalue weighted by Crippen LogP contribution is 2.28. The number of carbonyl (C=O) groups is 2. The average Bonchev–Trinajstić information content (AvgIpc) is 2.73. The number of rotatable bonds is 4. The van der Waals surface area contributed by atoms with Gasteiger partial charge in [0.25, 0.3) is 0 Å². The van der Waals surface area contributed by atoms with Crippen LogP contribution in [-0.4, -0.2) is 32.9 Å². The Morgan fingerprint density at radius 2 is 2.35 bits per heavy atom. The summed E-state index contributed by atoms with van der Waals surface area (Å²) < 4.78 is 1.25. The molecule has 0 radical (unpaired) electrons. The molecule has 0 saturated heterocycles. The van der Waals surface area contributed by atoms with Gasteiger partial charge in [-0.3, -0.25) is 9.48 Å². The van der Waals surface area contributed by atoms with E-state index >= 15 is 0 Å². The van der Waals surface area contributed by atoms with E-state index in [0.29, 0.717) is 11.6 Å². The second kappa shape index (κ2) is 4.44. The number of aliphatic carboxylic acids is 1. The minimum absolute atomic E-state index is 0.219. The first-order valence-corrected chi connectivity index (χ1v) is 5.36. The molecule has 92 valence electrons. The first kappa shape index (κ1) is 11.4. The number of urea groups is 1. The Morgan fingerprint density at radius 3 is 2.94 bits per heavy atom. The maximum Gasteiger partial charge on any atom is 0.325 e. The van der Waals surface area contributed by atoms with Gasteiger partial charge in [-0.15, -0.1) is 0 Å². The maximum atomic E-state index is 11.5. The lowest BCUT2D eigenvalue weighted by atomic mass is 10.5. The fraction of sp³-hybridized carbons (Fsp3) is 0.500. The summed E-state index contributed by atoms with van der Waals surface area (Å²) in [5.41, 5.74) is 0.483. The lowest BCUT2D eigenvalue weighted by Crippen LogP contribution is -2.31. The second-order valence-electron chi connectivity index (χ2n) is 4.24. The fourth-order valence-electron chi connectivity index (χ4n) is 1.51. The largest absolute Gasteiger partial charge is 0.480 e. The molecule has 2 rings (SSSR count). The van der Waals surface area contributed by atoms with E-state index in [1.165, 1.54) is 17.1 Å². The van der Waals surface area contributed by atoms with Crippen LogP contribution in [0.1, 0.15) is 13.3 Å². The quantitative estimate of drug-likeness (QED) is 0.711. The zero-order valence-corrected chi connectivity index (χ0v) is 9.38. The van der Waals surface area contributed by atoms with E-state index in [4.69, 9.17) is 5.11 Å². The van der Waals surface area contributed by atoms with E-state index in [1.54, 1.807) is 0 Å². The summed E-state index contributed by atoms with van der Waals surface area (Å²) in [6.07, 6.45) is 3.90. The summed E-state index contributed by atoms with van der Waals surface area (Å²) in [4.78, 5) is 21.9. The van der Waals surface area contributed by atoms with Crippen molar-refractivity contribution in [2.75, 3.05) is 5.32 Å². The number of anilines is 1. The van der Waals surface area contributed by atoms with Gasteiger partial charge < -0.3 is 15.7 Å². The van der Waals surface area contributed by atoms with Gasteiger partial charge in [0.2, 0.25) is 0 Å². The molecule has 3 N–H and O–H groups in total. The monoisotopic (exact) mass is 238 g/mol. The molecule has 1 saturated carbocycles. The van der Waals surface area contributed by atoms with Gasteiger partial charge in [0.05, 0.1) is 11.9 Å². The second-order valence-corrected chi connectivity index (χ2v) is 4.24. The number of hydrogen-bond acceptors (Lipinski definition) is 3. The fourth-order valence-corrected chi connectivity index (χ4v) is 1.51. The molecule has 0 aliphatic heterocycles. The summed E-state index contributed by atoms with van der Waals surface area (Å²) in [7, 11) is 0. The molecule has 2 unspecified atom stereocenters. The zero-order chi connectivity index (χ0) is 12.4. The number of carboxylic acids is 1. The van der Waals surface area contributed by atoms with E-state index in [-0.39, 0.29) is 18.6 Å². The molecule has 7 heteroatoms. The lowest BCUT2D eigenvalue weighted by Gasteiger charge is -2.03. The average molecular weight is 238 g/mol. The van der Waals surface area contributed by atoms with Crippen LogP contribution in [0.2, 0.25) is 0 Å². The molecule has 1 aromatic rings. The molecule has 1 aromatic heterocycles. The third-order valence-corrected chi connectivity index (χ3v) is 2.61.